The van der Waals surface area contributed by atoms with Crippen molar-refractivity contribution in [2.45, 2.75) is 19.4 Å². The number of nitrogens with one attached hydrogen (secondary N) is 1. The van der Waals surface area contributed by atoms with E-state index in [1.807, 2.05) is 0 Å². The van der Waals surface area contributed by atoms with Crippen molar-refractivity contribution in [2.24, 2.45) is 10.7 Å². The first-order chi connectivity index (χ1) is 5.52. The minimum absolute atomic E-state index is 0.363. The molecule has 1 aliphatic heterocycles. The third-order valence-electron chi connectivity index (χ3n) is 1.62. The molecule has 0 bridgehead atoms. The zero-order chi connectivity index (χ0) is 9.19. The summed E-state index contributed by atoms with van der Waals surface area (Å²) < 4.78 is 0. The maximum Gasteiger partial charge on any atom is 0.242 e. The third kappa shape index (κ3) is 2.14. The Morgan fingerprint density at radius 1 is 1.75 bits per heavy atom. The van der Waals surface area contributed by atoms with Crippen LogP contribution in [0.2, 0.25) is 0 Å². The number of aliphatic imine (C=N–C) groups is 1. The molecule has 1 rings (SSSR count). The molecule has 0 saturated heterocycles. The molecule has 12 heavy (non-hydrogen) atoms. The highest BCUT2D eigenvalue weighted by Gasteiger charge is 2.26. The molecular weight excluding hydrogens is 174 g/mol. The highest BCUT2D eigenvalue weighted by molar-refractivity contribution is 8.14. The number of nitrogens with zero attached hydrogens (tertiary/aromatic N) is 1. The zero-order valence-corrected chi connectivity index (χ0v) is 8.07. The van der Waals surface area contributed by atoms with E-state index in [1.54, 1.807) is 25.6 Å². The molecule has 4 nitrogen and oxygen atoms in total. The van der Waals surface area contributed by atoms with Crippen molar-refractivity contribution in [1.82, 2.24) is 5.32 Å². The van der Waals surface area contributed by atoms with Crippen LogP contribution in [0.15, 0.2) is 4.99 Å². The van der Waals surface area contributed by atoms with Gasteiger partial charge >= 0.3 is 0 Å². The molecule has 5 heteroatoms. The molecule has 0 radical (unpaired) electrons. The summed E-state index contributed by atoms with van der Waals surface area (Å²) in [5, 5.41) is 3.81. The highest BCUT2D eigenvalue weighted by atomic mass is 32.2. The van der Waals surface area contributed by atoms with Gasteiger partial charge in [-0.2, -0.15) is 0 Å². The lowest BCUT2D eigenvalue weighted by Crippen LogP contribution is -2.52. The van der Waals surface area contributed by atoms with Crippen molar-refractivity contribution in [3.8, 4) is 0 Å². The maximum absolute atomic E-state index is 10.9. The Bertz CT molecular complexity index is 225. The summed E-state index contributed by atoms with van der Waals surface area (Å²) in [5.74, 6) is 0.620. The molecule has 0 unspecified atom stereocenters. The van der Waals surface area contributed by atoms with E-state index in [0.29, 0.717) is 0 Å². The Balaban J connectivity index is 2.54. The summed E-state index contributed by atoms with van der Waals surface area (Å²) in [7, 11) is 0. The Kier molecular flexibility index (Phi) is 2.62. The van der Waals surface area contributed by atoms with Crippen molar-refractivity contribution in [3.05, 3.63) is 0 Å². The van der Waals surface area contributed by atoms with Gasteiger partial charge in [-0.1, -0.05) is 11.8 Å². The first-order valence-electron chi connectivity index (χ1n) is 3.78. The van der Waals surface area contributed by atoms with Gasteiger partial charge in [0.15, 0.2) is 5.17 Å². The third-order valence-corrected chi connectivity index (χ3v) is 2.51. The summed E-state index contributed by atoms with van der Waals surface area (Å²) >= 11 is 1.62. The summed E-state index contributed by atoms with van der Waals surface area (Å²) in [5.41, 5.74) is 4.48. The number of thioether (sulfide) groups is 1. The van der Waals surface area contributed by atoms with Crippen molar-refractivity contribution in [3.63, 3.8) is 0 Å². The molecule has 0 aromatic heterocycles. The van der Waals surface area contributed by atoms with E-state index in [4.69, 9.17) is 5.73 Å². The van der Waals surface area contributed by atoms with E-state index in [9.17, 15) is 4.79 Å². The lowest BCUT2D eigenvalue weighted by molar-refractivity contribution is -0.122. The van der Waals surface area contributed by atoms with Crippen LogP contribution in [-0.4, -0.2) is 28.9 Å². The van der Waals surface area contributed by atoms with Crippen LogP contribution in [0.1, 0.15) is 13.8 Å². The van der Waals surface area contributed by atoms with E-state index < -0.39 is 5.54 Å². The van der Waals surface area contributed by atoms with Crippen LogP contribution in [0.5, 0.6) is 0 Å². The quantitative estimate of drug-likeness (QED) is 0.636. The normalized spacial score (nSPS) is 17.3. The fourth-order valence-electron chi connectivity index (χ4n) is 0.740. The summed E-state index contributed by atoms with van der Waals surface area (Å²) in [6.07, 6.45) is 0. The van der Waals surface area contributed by atoms with Crippen molar-refractivity contribution >= 4 is 22.8 Å². The van der Waals surface area contributed by atoms with Gasteiger partial charge in [0.05, 0.1) is 6.54 Å². The molecule has 0 atom stereocenters. The summed E-state index contributed by atoms with van der Waals surface area (Å²) in [6, 6.07) is 0. The van der Waals surface area contributed by atoms with E-state index in [-0.39, 0.29) is 5.91 Å². The SMILES string of the molecule is CC(C)(NC1=NCCS1)C(N)=O. The molecule has 1 amide bonds. The Morgan fingerprint density at radius 2 is 2.42 bits per heavy atom. The Morgan fingerprint density at radius 3 is 2.83 bits per heavy atom. The number of amidine groups is 1. The molecule has 0 saturated carbocycles. The number of amides is 1. The fraction of sp³-hybridized carbons (Fsp3) is 0.714. The number of hydrogen-bond acceptors (Lipinski definition) is 4. The largest absolute Gasteiger partial charge is 0.368 e. The Labute approximate surface area is 76.0 Å². The van der Waals surface area contributed by atoms with Gasteiger partial charge in [-0.3, -0.25) is 9.79 Å². The van der Waals surface area contributed by atoms with Gasteiger partial charge in [0, 0.05) is 5.75 Å². The maximum atomic E-state index is 10.9. The number of rotatable bonds is 2. The molecule has 0 spiro atoms. The van der Waals surface area contributed by atoms with Crippen LogP contribution in [0.25, 0.3) is 0 Å². The molecule has 3 N–H and O–H groups in total. The highest BCUT2D eigenvalue weighted by Crippen LogP contribution is 2.12. The molecular formula is C7H13N3OS. The number of carbonyl (C=O) groups excluding carboxylic acids is 1. The summed E-state index contributed by atoms with van der Waals surface area (Å²) in [6.45, 7) is 4.31. The van der Waals surface area contributed by atoms with Crippen LogP contribution >= 0.6 is 11.8 Å². The second kappa shape index (κ2) is 3.35. The predicted octanol–water partition coefficient (Wildman–Crippen LogP) is -0.0573. The van der Waals surface area contributed by atoms with E-state index in [2.05, 4.69) is 10.3 Å². The predicted molar refractivity (Wildman–Crippen MR) is 51.2 cm³/mol. The first kappa shape index (κ1) is 9.38. The average Bonchev–Trinajstić information content (AvgIpc) is 2.38. The molecule has 1 heterocycles. The molecule has 68 valence electrons. The van der Waals surface area contributed by atoms with E-state index in [1.165, 1.54) is 0 Å². The minimum Gasteiger partial charge on any atom is -0.368 e. The zero-order valence-electron chi connectivity index (χ0n) is 7.26. The fourth-order valence-corrected chi connectivity index (χ4v) is 1.63. The van der Waals surface area contributed by atoms with Crippen molar-refractivity contribution < 1.29 is 4.79 Å². The van der Waals surface area contributed by atoms with Crippen LogP contribution in [0.4, 0.5) is 0 Å². The molecule has 0 aliphatic carbocycles. The van der Waals surface area contributed by atoms with Crippen LogP contribution in [0.3, 0.4) is 0 Å². The second-order valence-electron chi connectivity index (χ2n) is 3.15. The lowest BCUT2D eigenvalue weighted by atomic mass is 10.1. The van der Waals surface area contributed by atoms with E-state index >= 15 is 0 Å². The minimum atomic E-state index is -0.698. The smallest absolute Gasteiger partial charge is 0.242 e. The van der Waals surface area contributed by atoms with E-state index in [0.717, 1.165) is 17.5 Å². The monoisotopic (exact) mass is 187 g/mol. The van der Waals surface area contributed by atoms with Gasteiger partial charge < -0.3 is 11.1 Å². The molecule has 0 aromatic carbocycles. The topological polar surface area (TPSA) is 67.5 Å². The van der Waals surface area contributed by atoms with Gasteiger partial charge in [-0.15, -0.1) is 0 Å². The number of hydrogen-bond donors (Lipinski definition) is 2. The Hall–Kier alpha value is -0.710. The second-order valence-corrected chi connectivity index (χ2v) is 4.23. The molecule has 1 aliphatic rings. The van der Waals surface area contributed by atoms with Gasteiger partial charge in [-0.25, -0.2) is 0 Å². The van der Waals surface area contributed by atoms with Crippen LogP contribution in [-0.2, 0) is 4.79 Å². The van der Waals surface area contributed by atoms with Gasteiger partial charge in [0.1, 0.15) is 5.54 Å². The van der Waals surface area contributed by atoms with Gasteiger partial charge in [-0.05, 0) is 13.8 Å². The van der Waals surface area contributed by atoms with Crippen molar-refractivity contribution in [2.75, 3.05) is 12.3 Å². The lowest BCUT2D eigenvalue weighted by Gasteiger charge is -2.22. The number of primary amides is 1. The first-order valence-corrected chi connectivity index (χ1v) is 4.76. The standard InChI is InChI=1S/C7H13N3OS/c1-7(2,5(8)11)10-6-9-3-4-12-6/h3-4H2,1-2H3,(H2,8,11)(H,9,10). The van der Waals surface area contributed by atoms with Crippen molar-refractivity contribution in [1.29, 1.82) is 0 Å². The number of nitrogens with two attached hydrogens (primary N) is 1. The average molecular weight is 187 g/mol. The number of carbonyl (C=O) groups is 1. The van der Waals surface area contributed by atoms with Crippen LogP contribution in [0, 0.1) is 0 Å². The summed E-state index contributed by atoms with van der Waals surface area (Å²) in [4.78, 5) is 15.1. The van der Waals surface area contributed by atoms with Gasteiger partial charge in [0.2, 0.25) is 5.91 Å². The van der Waals surface area contributed by atoms with Crippen LogP contribution < -0.4 is 11.1 Å². The molecule has 0 fully saturated rings. The van der Waals surface area contributed by atoms with Gasteiger partial charge in [0.25, 0.3) is 0 Å². The molecule has 0 aromatic rings.